The monoisotopic (exact) mass is 491 g/mol. The predicted molar refractivity (Wildman–Crippen MR) is 142 cm³/mol. The van der Waals surface area contributed by atoms with E-state index < -0.39 is 12.1 Å². The van der Waals surface area contributed by atoms with Crippen molar-refractivity contribution in [1.29, 1.82) is 0 Å². The molecule has 5 heteroatoms. The van der Waals surface area contributed by atoms with Crippen molar-refractivity contribution < 1.29 is 14.3 Å². The van der Waals surface area contributed by atoms with Gasteiger partial charge in [-0.05, 0) is 31.2 Å². The van der Waals surface area contributed by atoms with E-state index in [1.165, 1.54) is 0 Å². The van der Waals surface area contributed by atoms with Crippen LogP contribution in [0.4, 0.5) is 0 Å². The van der Waals surface area contributed by atoms with Gasteiger partial charge >= 0.3 is 5.97 Å². The van der Waals surface area contributed by atoms with Gasteiger partial charge in [0.2, 0.25) is 5.78 Å². The highest BCUT2D eigenvalue weighted by atomic mass is 35.5. The molecule has 1 aromatic heterocycles. The number of aryl methyl sites for hydroxylation is 1. The molecule has 1 atom stereocenters. The average molecular weight is 492 g/mol. The second kappa shape index (κ2) is 10.1. The molecule has 0 saturated heterocycles. The molecule has 0 aliphatic rings. The maximum Gasteiger partial charge on any atom is 0.339 e. The largest absolute Gasteiger partial charge is 0.445 e. The van der Waals surface area contributed by atoms with Gasteiger partial charge in [0.25, 0.3) is 0 Å². The van der Waals surface area contributed by atoms with E-state index in [1.54, 1.807) is 54.6 Å². The van der Waals surface area contributed by atoms with E-state index in [2.05, 4.69) is 0 Å². The zero-order valence-corrected chi connectivity index (χ0v) is 20.3. The quantitative estimate of drug-likeness (QED) is 0.181. The Kier molecular flexibility index (Phi) is 6.61. The minimum absolute atomic E-state index is 0.316. The van der Waals surface area contributed by atoms with E-state index in [1.807, 2.05) is 61.5 Å². The molecule has 176 valence electrons. The third-order valence-corrected chi connectivity index (χ3v) is 6.23. The summed E-state index contributed by atoms with van der Waals surface area (Å²) in [5, 5.41) is 1.18. The first-order valence-corrected chi connectivity index (χ1v) is 11.9. The smallest absolute Gasteiger partial charge is 0.339 e. The lowest BCUT2D eigenvalue weighted by atomic mass is 9.99. The standard InChI is InChI=1S/C31H22ClNO3/c1-20-11-13-21(14-12-20)28-19-26(25-9-5-6-10-27(25)33-28)31(35)36-30(23-15-17-24(32)18-16-23)29(34)22-7-3-2-4-8-22/h2-19,30H,1H3/t30-/m1/s1. The Hall–Kier alpha value is -4.28. The number of rotatable bonds is 6. The molecular formula is C31H22ClNO3. The number of hydrogen-bond donors (Lipinski definition) is 0. The van der Waals surface area contributed by atoms with Crippen molar-refractivity contribution in [3.63, 3.8) is 0 Å². The summed E-state index contributed by atoms with van der Waals surface area (Å²) in [5.41, 5.74) is 4.66. The highest BCUT2D eigenvalue weighted by Crippen LogP contribution is 2.29. The first-order chi connectivity index (χ1) is 17.5. The molecule has 0 spiro atoms. The molecule has 4 nitrogen and oxygen atoms in total. The van der Waals surface area contributed by atoms with Gasteiger partial charge in [-0.25, -0.2) is 9.78 Å². The molecule has 0 N–H and O–H groups in total. The number of carbonyl (C=O) groups is 2. The lowest BCUT2D eigenvalue weighted by molar-refractivity contribution is 0.0282. The fourth-order valence-corrected chi connectivity index (χ4v) is 4.18. The third kappa shape index (κ3) is 4.90. The first kappa shape index (κ1) is 23.5. The Labute approximate surface area is 214 Å². The number of aromatic nitrogens is 1. The lowest BCUT2D eigenvalue weighted by Gasteiger charge is -2.19. The fourth-order valence-electron chi connectivity index (χ4n) is 4.05. The number of ketones is 1. The molecule has 0 amide bonds. The van der Waals surface area contributed by atoms with E-state index >= 15 is 0 Å². The van der Waals surface area contributed by atoms with E-state index in [4.69, 9.17) is 21.3 Å². The molecule has 0 radical (unpaired) electrons. The summed E-state index contributed by atoms with van der Waals surface area (Å²) in [4.78, 5) is 31.9. The van der Waals surface area contributed by atoms with Crippen molar-refractivity contribution in [3.8, 4) is 11.3 Å². The summed E-state index contributed by atoms with van der Waals surface area (Å²) in [5.74, 6) is -0.922. The van der Waals surface area contributed by atoms with Gasteiger partial charge in [-0.15, -0.1) is 0 Å². The number of pyridine rings is 1. The molecule has 0 aliphatic carbocycles. The van der Waals surface area contributed by atoms with Gasteiger partial charge in [0.05, 0.1) is 16.8 Å². The summed E-state index contributed by atoms with van der Waals surface area (Å²) in [6.45, 7) is 2.01. The van der Waals surface area contributed by atoms with Gasteiger partial charge in [-0.3, -0.25) is 4.79 Å². The summed E-state index contributed by atoms with van der Waals surface area (Å²) >= 11 is 6.07. The second-order valence-corrected chi connectivity index (χ2v) is 8.94. The zero-order chi connectivity index (χ0) is 25.1. The number of hydrogen-bond acceptors (Lipinski definition) is 4. The number of fused-ring (bicyclic) bond motifs is 1. The van der Waals surface area contributed by atoms with Crippen LogP contribution in [0.1, 0.15) is 37.9 Å². The van der Waals surface area contributed by atoms with Gasteiger partial charge in [0.1, 0.15) is 0 Å². The highest BCUT2D eigenvalue weighted by molar-refractivity contribution is 6.30. The van der Waals surface area contributed by atoms with Gasteiger partial charge < -0.3 is 4.74 Å². The van der Waals surface area contributed by atoms with Crippen LogP contribution in [0.5, 0.6) is 0 Å². The second-order valence-electron chi connectivity index (χ2n) is 8.51. The Balaban J connectivity index is 1.57. The van der Waals surface area contributed by atoms with Crippen LogP contribution in [-0.2, 0) is 4.74 Å². The molecule has 0 saturated carbocycles. The lowest BCUT2D eigenvalue weighted by Crippen LogP contribution is -2.20. The van der Waals surface area contributed by atoms with Gasteiger partial charge in [0, 0.05) is 27.1 Å². The van der Waals surface area contributed by atoms with Gasteiger partial charge in [-0.1, -0.05) is 102 Å². The molecule has 5 rings (SSSR count). The molecule has 5 aromatic rings. The third-order valence-electron chi connectivity index (χ3n) is 5.98. The van der Waals surface area contributed by atoms with E-state index in [0.717, 1.165) is 11.1 Å². The maximum absolute atomic E-state index is 13.7. The highest BCUT2D eigenvalue weighted by Gasteiger charge is 2.28. The SMILES string of the molecule is Cc1ccc(-c2cc(C(=O)O[C@@H](C(=O)c3ccccc3)c3ccc(Cl)cc3)c3ccccc3n2)cc1. The Bertz CT molecular complexity index is 1550. The van der Waals surface area contributed by atoms with Gasteiger partial charge in [-0.2, -0.15) is 0 Å². The molecule has 1 heterocycles. The van der Waals surface area contributed by atoms with Crippen LogP contribution in [0, 0.1) is 6.92 Å². The van der Waals surface area contributed by atoms with Crippen LogP contribution in [0.2, 0.25) is 5.02 Å². The van der Waals surface area contributed by atoms with Crippen molar-refractivity contribution in [2.75, 3.05) is 0 Å². The minimum Gasteiger partial charge on any atom is -0.445 e. The van der Waals surface area contributed by atoms with E-state index in [-0.39, 0.29) is 5.78 Å². The normalized spacial score (nSPS) is 11.7. The number of para-hydroxylation sites is 1. The van der Waals surface area contributed by atoms with Crippen LogP contribution >= 0.6 is 11.6 Å². The molecule has 0 unspecified atom stereocenters. The van der Waals surface area contributed by atoms with E-state index in [0.29, 0.717) is 38.3 Å². The van der Waals surface area contributed by atoms with Crippen molar-refractivity contribution in [2.24, 2.45) is 0 Å². The zero-order valence-electron chi connectivity index (χ0n) is 19.5. The summed E-state index contributed by atoms with van der Waals surface area (Å²) in [7, 11) is 0. The van der Waals surface area contributed by atoms with Crippen molar-refractivity contribution in [2.45, 2.75) is 13.0 Å². The van der Waals surface area contributed by atoms with Crippen LogP contribution in [-0.4, -0.2) is 16.7 Å². The molecular weight excluding hydrogens is 470 g/mol. The van der Waals surface area contributed by atoms with Crippen molar-refractivity contribution >= 4 is 34.3 Å². The number of Topliss-reactive ketones (excluding diaryl/α,β-unsaturated/α-hetero) is 1. The molecule has 0 fully saturated rings. The molecule has 0 bridgehead atoms. The number of benzene rings is 4. The van der Waals surface area contributed by atoms with Crippen molar-refractivity contribution in [3.05, 3.63) is 136 Å². The van der Waals surface area contributed by atoms with E-state index in [9.17, 15) is 9.59 Å². The number of nitrogens with zero attached hydrogens (tertiary/aromatic N) is 1. The summed E-state index contributed by atoms with van der Waals surface area (Å²) in [6.07, 6.45) is -1.13. The van der Waals surface area contributed by atoms with Crippen molar-refractivity contribution in [1.82, 2.24) is 4.98 Å². The molecule has 36 heavy (non-hydrogen) atoms. The first-order valence-electron chi connectivity index (χ1n) is 11.5. The number of carbonyl (C=O) groups excluding carboxylic acids is 2. The number of esters is 1. The van der Waals surface area contributed by atoms with Gasteiger partial charge in [0.15, 0.2) is 6.10 Å². The summed E-state index contributed by atoms with van der Waals surface area (Å²) < 4.78 is 5.94. The predicted octanol–water partition coefficient (Wildman–Crippen LogP) is 7.64. The summed E-state index contributed by atoms with van der Waals surface area (Å²) in [6, 6.07) is 32.6. The molecule has 0 aliphatic heterocycles. The topological polar surface area (TPSA) is 56.3 Å². The molecule has 4 aromatic carbocycles. The number of ether oxygens (including phenoxy) is 1. The minimum atomic E-state index is -1.13. The average Bonchev–Trinajstić information content (AvgIpc) is 2.92. The van der Waals surface area contributed by atoms with Crippen LogP contribution in [0.3, 0.4) is 0 Å². The Morgan fingerprint density at radius 3 is 2.19 bits per heavy atom. The van der Waals surface area contributed by atoms with Crippen LogP contribution in [0.15, 0.2) is 109 Å². The number of halogens is 1. The van der Waals surface area contributed by atoms with Crippen LogP contribution in [0.25, 0.3) is 22.2 Å². The Morgan fingerprint density at radius 1 is 0.806 bits per heavy atom. The van der Waals surface area contributed by atoms with Crippen LogP contribution < -0.4 is 0 Å². The fraction of sp³-hybridized carbons (Fsp3) is 0.0645. The Morgan fingerprint density at radius 2 is 1.47 bits per heavy atom. The maximum atomic E-state index is 13.7.